The monoisotopic (exact) mass is 463 g/mol. The van der Waals surface area contributed by atoms with Gasteiger partial charge in [-0.15, -0.1) is 11.3 Å². The van der Waals surface area contributed by atoms with Crippen molar-refractivity contribution in [3.63, 3.8) is 0 Å². The number of hydrogen-bond donors (Lipinski definition) is 1. The van der Waals surface area contributed by atoms with E-state index in [-0.39, 0.29) is 17.4 Å². The first kappa shape index (κ1) is 23.3. The Labute approximate surface area is 191 Å². The molecule has 1 atom stereocenters. The quantitative estimate of drug-likeness (QED) is 0.259. The summed E-state index contributed by atoms with van der Waals surface area (Å²) >= 11 is 7.67. The van der Waals surface area contributed by atoms with Crippen LogP contribution in [0, 0.1) is 6.92 Å². The zero-order valence-electron chi connectivity index (χ0n) is 18.0. The van der Waals surface area contributed by atoms with Gasteiger partial charge in [0.25, 0.3) is 11.7 Å². The van der Waals surface area contributed by atoms with Gasteiger partial charge in [0.2, 0.25) is 0 Å². The average Bonchev–Trinajstić information content (AvgIpc) is 3.25. The van der Waals surface area contributed by atoms with E-state index in [1.165, 1.54) is 29.4 Å². The van der Waals surface area contributed by atoms with E-state index >= 15 is 0 Å². The Morgan fingerprint density at radius 3 is 2.61 bits per heavy atom. The molecule has 1 saturated heterocycles. The standard InChI is InChI=1S/C23H26ClNO5S/c1-13(2)30-10-5-9-25-19(22-14(3)8-11-31-22)18(21(27)23(25)28)20(26)15-6-7-17(29-4)16(24)12-15/h6-8,11-13,19,26H,5,9-10H2,1-4H3/b20-18-. The molecule has 2 heterocycles. The van der Waals surface area contributed by atoms with Crippen LogP contribution in [0.3, 0.4) is 0 Å². The van der Waals surface area contributed by atoms with Gasteiger partial charge in [-0.2, -0.15) is 0 Å². The zero-order valence-corrected chi connectivity index (χ0v) is 19.5. The van der Waals surface area contributed by atoms with Crippen LogP contribution in [0.15, 0.2) is 35.2 Å². The van der Waals surface area contributed by atoms with Crippen LogP contribution in [0.4, 0.5) is 0 Å². The van der Waals surface area contributed by atoms with Crippen molar-refractivity contribution >= 4 is 40.4 Å². The molecule has 31 heavy (non-hydrogen) atoms. The maximum atomic E-state index is 13.0. The number of likely N-dealkylation sites (tertiary alicyclic amines) is 1. The average molecular weight is 464 g/mol. The number of halogens is 1. The largest absolute Gasteiger partial charge is 0.507 e. The number of carbonyl (C=O) groups is 2. The topological polar surface area (TPSA) is 76.1 Å². The fourth-order valence-corrected chi connectivity index (χ4v) is 4.88. The van der Waals surface area contributed by atoms with Crippen molar-refractivity contribution in [3.05, 3.63) is 56.2 Å². The minimum atomic E-state index is -0.702. The molecule has 0 bridgehead atoms. The predicted octanol–water partition coefficient (Wildman–Crippen LogP) is 4.96. The highest BCUT2D eigenvalue weighted by atomic mass is 35.5. The third kappa shape index (κ3) is 4.79. The van der Waals surface area contributed by atoms with Crippen molar-refractivity contribution in [2.75, 3.05) is 20.3 Å². The van der Waals surface area contributed by atoms with E-state index in [0.717, 1.165) is 10.4 Å². The van der Waals surface area contributed by atoms with E-state index < -0.39 is 17.7 Å². The Balaban J connectivity index is 2.03. The molecule has 0 spiro atoms. The lowest BCUT2D eigenvalue weighted by molar-refractivity contribution is -0.140. The second-order valence-corrected chi connectivity index (χ2v) is 8.94. The second kappa shape index (κ2) is 9.85. The van der Waals surface area contributed by atoms with E-state index in [9.17, 15) is 14.7 Å². The first-order chi connectivity index (χ1) is 14.8. The molecule has 8 heteroatoms. The molecule has 1 aliphatic rings. The highest BCUT2D eigenvalue weighted by Crippen LogP contribution is 2.43. The van der Waals surface area contributed by atoms with E-state index in [1.54, 1.807) is 12.1 Å². The first-order valence-electron chi connectivity index (χ1n) is 10.0. The second-order valence-electron chi connectivity index (χ2n) is 7.58. The van der Waals surface area contributed by atoms with Crippen LogP contribution in [0.25, 0.3) is 5.76 Å². The molecular weight excluding hydrogens is 438 g/mol. The number of amides is 1. The number of aliphatic hydroxyl groups excluding tert-OH is 1. The summed E-state index contributed by atoms with van der Waals surface area (Å²) in [4.78, 5) is 28.3. The number of ketones is 1. The number of nitrogens with zero attached hydrogens (tertiary/aromatic N) is 1. The van der Waals surface area contributed by atoms with Gasteiger partial charge in [-0.05, 0) is 62.4 Å². The van der Waals surface area contributed by atoms with Gasteiger partial charge in [-0.25, -0.2) is 0 Å². The number of Topliss-reactive ketones (excluding diaryl/α,β-unsaturated/α-hetero) is 1. The molecule has 6 nitrogen and oxygen atoms in total. The lowest BCUT2D eigenvalue weighted by Crippen LogP contribution is -2.31. The summed E-state index contributed by atoms with van der Waals surface area (Å²) in [5.74, 6) is -1.12. The van der Waals surface area contributed by atoms with Crippen LogP contribution in [-0.2, 0) is 14.3 Å². The Hall–Kier alpha value is -2.35. The van der Waals surface area contributed by atoms with Gasteiger partial charge >= 0.3 is 0 Å². The summed E-state index contributed by atoms with van der Waals surface area (Å²) in [6.45, 7) is 6.64. The summed E-state index contributed by atoms with van der Waals surface area (Å²) in [5, 5.41) is 13.3. The van der Waals surface area contributed by atoms with Crippen molar-refractivity contribution in [1.82, 2.24) is 4.90 Å². The predicted molar refractivity (Wildman–Crippen MR) is 122 cm³/mol. The highest BCUT2D eigenvalue weighted by Gasteiger charge is 2.46. The number of methoxy groups -OCH3 is 1. The summed E-state index contributed by atoms with van der Waals surface area (Å²) in [5.41, 5.74) is 1.38. The molecule has 1 aliphatic heterocycles. The van der Waals surface area contributed by atoms with Crippen LogP contribution < -0.4 is 4.74 Å². The van der Waals surface area contributed by atoms with E-state index in [1.807, 2.05) is 32.2 Å². The fraction of sp³-hybridized carbons (Fsp3) is 0.391. The van der Waals surface area contributed by atoms with Gasteiger partial charge in [-0.3, -0.25) is 9.59 Å². The smallest absolute Gasteiger partial charge is 0.295 e. The van der Waals surface area contributed by atoms with Crippen molar-refractivity contribution < 1.29 is 24.2 Å². The van der Waals surface area contributed by atoms with Crippen LogP contribution in [0.5, 0.6) is 5.75 Å². The Morgan fingerprint density at radius 2 is 2.03 bits per heavy atom. The number of ether oxygens (including phenoxy) is 2. The molecule has 2 aromatic rings. The molecule has 3 rings (SSSR count). The van der Waals surface area contributed by atoms with Gasteiger partial charge in [0.15, 0.2) is 0 Å². The molecule has 1 fully saturated rings. The number of carbonyl (C=O) groups excluding carboxylic acids is 2. The third-order valence-corrected chi connectivity index (χ3v) is 6.48. The number of aryl methyl sites for hydroxylation is 1. The van der Waals surface area contributed by atoms with Crippen molar-refractivity contribution in [1.29, 1.82) is 0 Å². The fourth-order valence-electron chi connectivity index (χ4n) is 3.57. The van der Waals surface area contributed by atoms with Gasteiger partial charge < -0.3 is 19.5 Å². The molecule has 1 amide bonds. The van der Waals surface area contributed by atoms with Gasteiger partial charge in [0, 0.05) is 23.6 Å². The minimum absolute atomic E-state index is 0.0709. The van der Waals surface area contributed by atoms with Gasteiger partial charge in [0.1, 0.15) is 11.5 Å². The van der Waals surface area contributed by atoms with E-state index in [0.29, 0.717) is 35.9 Å². The number of thiophene rings is 1. The minimum Gasteiger partial charge on any atom is -0.507 e. The molecule has 1 unspecified atom stereocenters. The Morgan fingerprint density at radius 1 is 1.29 bits per heavy atom. The lowest BCUT2D eigenvalue weighted by Gasteiger charge is -2.25. The van der Waals surface area contributed by atoms with Crippen LogP contribution in [-0.4, -0.2) is 48.1 Å². The van der Waals surface area contributed by atoms with Crippen LogP contribution >= 0.6 is 22.9 Å². The molecule has 1 N–H and O–H groups in total. The highest BCUT2D eigenvalue weighted by molar-refractivity contribution is 7.10. The maximum Gasteiger partial charge on any atom is 0.295 e. The SMILES string of the molecule is COc1ccc(/C(O)=C2/C(=O)C(=O)N(CCCOC(C)C)C2c2sccc2C)cc1Cl. The molecule has 0 saturated carbocycles. The number of aliphatic hydroxyl groups is 1. The normalized spacial score (nSPS) is 18.3. The molecule has 0 aliphatic carbocycles. The summed E-state index contributed by atoms with van der Waals surface area (Å²) < 4.78 is 10.7. The number of rotatable bonds is 8. The summed E-state index contributed by atoms with van der Waals surface area (Å²) in [6.07, 6.45) is 0.672. The first-order valence-corrected chi connectivity index (χ1v) is 11.3. The van der Waals surface area contributed by atoms with Gasteiger partial charge in [-0.1, -0.05) is 11.6 Å². The molecule has 0 radical (unpaired) electrons. The molecule has 1 aromatic heterocycles. The Bertz CT molecular complexity index is 1010. The van der Waals surface area contributed by atoms with E-state index in [4.69, 9.17) is 21.1 Å². The van der Waals surface area contributed by atoms with E-state index in [2.05, 4.69) is 0 Å². The van der Waals surface area contributed by atoms with Crippen LogP contribution in [0.2, 0.25) is 5.02 Å². The van der Waals surface area contributed by atoms with Crippen LogP contribution in [0.1, 0.15) is 42.3 Å². The molecule has 166 valence electrons. The summed E-state index contributed by atoms with van der Waals surface area (Å²) in [7, 11) is 1.49. The zero-order chi connectivity index (χ0) is 22.7. The number of hydrogen-bond acceptors (Lipinski definition) is 6. The summed E-state index contributed by atoms with van der Waals surface area (Å²) in [6, 6.07) is 6.04. The van der Waals surface area contributed by atoms with Crippen molar-refractivity contribution in [3.8, 4) is 5.75 Å². The third-order valence-electron chi connectivity index (χ3n) is 5.11. The lowest BCUT2D eigenvalue weighted by atomic mass is 9.98. The van der Waals surface area contributed by atoms with Gasteiger partial charge in [0.05, 0.1) is 29.9 Å². The maximum absolute atomic E-state index is 13.0. The van der Waals surface area contributed by atoms with Crippen molar-refractivity contribution in [2.45, 2.75) is 39.3 Å². The Kier molecular flexibility index (Phi) is 7.41. The van der Waals surface area contributed by atoms with Crippen molar-refractivity contribution in [2.24, 2.45) is 0 Å². The molecular formula is C23H26ClNO5S. The molecule has 1 aromatic carbocycles. The number of benzene rings is 1.